The Morgan fingerprint density at radius 3 is 2.40 bits per heavy atom. The summed E-state index contributed by atoms with van der Waals surface area (Å²) in [4.78, 5) is 37.8. The second-order valence-electron chi connectivity index (χ2n) is 14.1. The van der Waals surface area contributed by atoms with Crippen molar-refractivity contribution in [2.24, 2.45) is 24.6 Å². The topological polar surface area (TPSA) is 120 Å². The third-order valence-electron chi connectivity index (χ3n) is 11.0. The highest BCUT2D eigenvalue weighted by Crippen LogP contribution is 2.41. The molecule has 3 aromatic heterocycles. The highest BCUT2D eigenvalue weighted by Gasteiger charge is 2.47. The summed E-state index contributed by atoms with van der Waals surface area (Å²) >= 11 is 0. The number of carbonyl (C=O) groups excluding carboxylic acids is 2. The summed E-state index contributed by atoms with van der Waals surface area (Å²) < 4.78 is 10.4. The van der Waals surface area contributed by atoms with Gasteiger partial charge in [0.2, 0.25) is 0 Å². The molecule has 3 aromatic carbocycles. The van der Waals surface area contributed by atoms with E-state index in [1.165, 1.54) is 12.8 Å². The maximum absolute atomic E-state index is 13.8. The number of piperidine rings is 1. The number of pyridine rings is 1. The summed E-state index contributed by atoms with van der Waals surface area (Å²) in [5, 5.41) is 4.05. The summed E-state index contributed by atoms with van der Waals surface area (Å²) in [6.45, 7) is 1.62. The number of benzene rings is 3. The Balaban J connectivity index is 1.07. The number of aromatic nitrogens is 4. The van der Waals surface area contributed by atoms with Crippen molar-refractivity contribution in [3.05, 3.63) is 96.3 Å². The summed E-state index contributed by atoms with van der Waals surface area (Å²) in [6, 6.07) is 23.9. The number of ether oxygens (including phenoxy) is 1. The minimum Gasteiger partial charge on any atom is -0.494 e. The van der Waals surface area contributed by atoms with Gasteiger partial charge in [-0.15, -0.1) is 0 Å². The van der Waals surface area contributed by atoms with E-state index in [0.29, 0.717) is 40.9 Å². The summed E-state index contributed by atoms with van der Waals surface area (Å²) in [6.07, 6.45) is 7.79. The van der Waals surface area contributed by atoms with Crippen molar-refractivity contribution >= 4 is 39.4 Å². The van der Waals surface area contributed by atoms with Crippen LogP contribution < -0.4 is 15.8 Å². The van der Waals surface area contributed by atoms with Crippen LogP contribution in [0.25, 0.3) is 44.6 Å². The Bertz CT molecular complexity index is 2290. The van der Waals surface area contributed by atoms with Crippen molar-refractivity contribution in [3.8, 4) is 28.4 Å². The van der Waals surface area contributed by atoms with Crippen LogP contribution in [0.1, 0.15) is 46.4 Å². The number of hydrogen-bond acceptors (Lipinski definition) is 6. The molecule has 3 fully saturated rings. The second-order valence-corrected chi connectivity index (χ2v) is 14.1. The van der Waals surface area contributed by atoms with Gasteiger partial charge in [0.15, 0.2) is 5.82 Å². The lowest BCUT2D eigenvalue weighted by atomic mass is 10.0. The molecule has 1 saturated heterocycles. The third kappa shape index (κ3) is 5.13. The number of anilines is 1. The van der Waals surface area contributed by atoms with Gasteiger partial charge in [0.05, 0.1) is 18.3 Å². The molecule has 3 N–H and O–H groups in total. The fourth-order valence-corrected chi connectivity index (χ4v) is 8.09. The largest absolute Gasteiger partial charge is 0.494 e. The van der Waals surface area contributed by atoms with Crippen molar-refractivity contribution in [1.82, 2.24) is 24.0 Å². The molecule has 50 heavy (non-hydrogen) atoms. The number of nitrogens with two attached hydrogens (primary N) is 1. The molecular weight excluding hydrogens is 626 g/mol. The van der Waals surface area contributed by atoms with Crippen molar-refractivity contribution in [1.29, 1.82) is 0 Å². The molecule has 6 aromatic rings. The highest BCUT2D eigenvalue weighted by atomic mass is 16.5. The number of methoxy groups -OCH3 is 1. The Labute approximate surface area is 289 Å². The molecule has 0 radical (unpaired) electrons. The van der Waals surface area contributed by atoms with Crippen molar-refractivity contribution in [2.75, 3.05) is 19.0 Å². The van der Waals surface area contributed by atoms with Crippen LogP contribution in [-0.2, 0) is 13.6 Å². The molecular formula is C40H39N7O3. The number of carbonyl (C=O) groups is 2. The highest BCUT2D eigenvalue weighted by molar-refractivity contribution is 6.04. The van der Waals surface area contributed by atoms with Gasteiger partial charge >= 0.3 is 0 Å². The van der Waals surface area contributed by atoms with Gasteiger partial charge in [-0.3, -0.25) is 14.6 Å². The van der Waals surface area contributed by atoms with Gasteiger partial charge in [0.1, 0.15) is 11.3 Å². The van der Waals surface area contributed by atoms with Crippen molar-refractivity contribution in [2.45, 2.75) is 44.3 Å². The van der Waals surface area contributed by atoms with E-state index in [1.54, 1.807) is 31.6 Å². The zero-order valence-electron chi connectivity index (χ0n) is 28.2. The van der Waals surface area contributed by atoms with Gasteiger partial charge in [-0.2, -0.15) is 0 Å². The van der Waals surface area contributed by atoms with E-state index in [0.717, 1.165) is 64.0 Å². The van der Waals surface area contributed by atoms with E-state index < -0.39 is 0 Å². The zero-order valence-corrected chi connectivity index (χ0v) is 28.2. The number of nitrogens with zero attached hydrogens (tertiary/aromatic N) is 5. The Morgan fingerprint density at radius 1 is 0.920 bits per heavy atom. The Morgan fingerprint density at radius 2 is 1.70 bits per heavy atom. The van der Waals surface area contributed by atoms with Crippen molar-refractivity contribution < 1.29 is 14.3 Å². The van der Waals surface area contributed by atoms with Crippen LogP contribution in [-0.4, -0.2) is 61.6 Å². The summed E-state index contributed by atoms with van der Waals surface area (Å²) in [7, 11) is 3.67. The maximum atomic E-state index is 13.8. The number of likely N-dealkylation sites (tertiary alicyclic amines) is 1. The van der Waals surface area contributed by atoms with Crippen LogP contribution in [0.15, 0.2) is 85.2 Å². The number of amides is 2. The van der Waals surface area contributed by atoms with Crippen LogP contribution in [0, 0.1) is 11.8 Å². The number of imidazole rings is 1. The van der Waals surface area contributed by atoms with Crippen molar-refractivity contribution in [3.63, 3.8) is 0 Å². The SMILES string of the molecule is COc1cc(C(=O)N2CC3CCC2C3N)cc2nc(-c3cc4ccc(-c5ccc(C(=O)Nc6ccncc6)cc5)cc4n3CC3CC3)n(C)c12. The molecule has 2 amide bonds. The molecule has 3 atom stereocenters. The number of fused-ring (bicyclic) bond motifs is 4. The lowest BCUT2D eigenvalue weighted by molar-refractivity contribution is 0.0700. The lowest BCUT2D eigenvalue weighted by Crippen LogP contribution is -2.41. The number of aryl methyl sites for hydroxylation is 1. The standard InChI is InChI=1S/C40H39N7O3/c1-45-37-31(17-29(20-35(37)50-2)40(49)47-22-28-11-12-32(47)36(28)41)44-38(45)34-19-27-10-9-26(18-33(27)46(34)21-23-3-4-23)24-5-7-25(8-6-24)39(48)43-30-13-15-42-16-14-30/h5-10,13-20,23,28,32,36H,3-4,11-12,21-22,41H2,1-2H3,(H,42,43,48). The van der Waals surface area contributed by atoms with E-state index in [4.69, 9.17) is 15.5 Å². The van der Waals surface area contributed by atoms with Gasteiger partial charge in [-0.05, 0) is 97.2 Å². The minimum absolute atomic E-state index is 0.00200. The first-order valence-electron chi connectivity index (χ1n) is 17.4. The normalized spacial score (nSPS) is 19.8. The average molecular weight is 666 g/mol. The van der Waals surface area contributed by atoms with Gasteiger partial charge in [-0.1, -0.05) is 24.3 Å². The zero-order chi connectivity index (χ0) is 34.1. The minimum atomic E-state index is -0.163. The van der Waals surface area contributed by atoms with Crippen LogP contribution in [0.5, 0.6) is 5.75 Å². The smallest absolute Gasteiger partial charge is 0.255 e. The van der Waals surface area contributed by atoms with Gasteiger partial charge in [0.25, 0.3) is 11.8 Å². The van der Waals surface area contributed by atoms with Gasteiger partial charge < -0.3 is 29.8 Å². The van der Waals surface area contributed by atoms with E-state index in [1.807, 2.05) is 48.3 Å². The first-order chi connectivity index (χ1) is 24.4. The monoisotopic (exact) mass is 665 g/mol. The van der Waals surface area contributed by atoms with Crippen LogP contribution in [0.2, 0.25) is 0 Å². The van der Waals surface area contributed by atoms with E-state index >= 15 is 0 Å². The molecule has 252 valence electrons. The first kappa shape index (κ1) is 30.6. The first-order valence-corrected chi connectivity index (χ1v) is 17.4. The van der Waals surface area contributed by atoms with E-state index in [9.17, 15) is 9.59 Å². The summed E-state index contributed by atoms with van der Waals surface area (Å²) in [5.41, 5.74) is 14.2. The second kappa shape index (κ2) is 11.8. The molecule has 3 unspecified atom stereocenters. The number of nitrogens with one attached hydrogen (secondary N) is 1. The van der Waals surface area contributed by atoms with Crippen LogP contribution in [0.4, 0.5) is 5.69 Å². The Hall–Kier alpha value is -5.48. The molecule has 2 bridgehead atoms. The fraction of sp³-hybridized carbons (Fsp3) is 0.300. The van der Waals surface area contributed by atoms with Gasteiger partial charge in [0, 0.05) is 72.3 Å². The number of hydrogen-bond donors (Lipinski definition) is 2. The number of rotatable bonds is 8. The molecule has 0 spiro atoms. The van der Waals surface area contributed by atoms with E-state index in [2.05, 4.69) is 43.7 Å². The van der Waals surface area contributed by atoms with Gasteiger partial charge in [-0.25, -0.2) is 4.98 Å². The molecule has 2 saturated carbocycles. The van der Waals surface area contributed by atoms with Crippen LogP contribution in [0.3, 0.4) is 0 Å². The predicted octanol–water partition coefficient (Wildman–Crippen LogP) is 6.49. The molecule has 1 aliphatic heterocycles. The molecule has 10 heteroatoms. The average Bonchev–Trinajstić information content (AvgIpc) is 3.55. The molecule has 9 rings (SSSR count). The third-order valence-corrected chi connectivity index (χ3v) is 11.0. The molecule has 2 aliphatic carbocycles. The predicted molar refractivity (Wildman–Crippen MR) is 194 cm³/mol. The van der Waals surface area contributed by atoms with E-state index in [-0.39, 0.29) is 23.9 Å². The molecule has 10 nitrogen and oxygen atoms in total. The lowest BCUT2D eigenvalue weighted by Gasteiger charge is -2.27. The Kier molecular flexibility index (Phi) is 7.24. The molecule has 4 heterocycles. The quantitative estimate of drug-likeness (QED) is 0.192. The maximum Gasteiger partial charge on any atom is 0.255 e. The van der Waals surface area contributed by atoms with Crippen LogP contribution >= 0.6 is 0 Å². The fourth-order valence-electron chi connectivity index (χ4n) is 8.09. The molecule has 3 aliphatic rings. The summed E-state index contributed by atoms with van der Waals surface area (Å²) in [5.74, 6) is 2.30.